The van der Waals surface area contributed by atoms with Crippen molar-refractivity contribution in [2.45, 2.75) is 405 Å². The lowest BCUT2D eigenvalue weighted by Gasteiger charge is -2.30. The van der Waals surface area contributed by atoms with Crippen molar-refractivity contribution in [2.75, 3.05) is 40.9 Å². The minimum absolute atomic E-state index is 0.0175. The van der Waals surface area contributed by atoms with Crippen LogP contribution in [0.15, 0.2) is 24.3 Å². The number of carbonyl (C=O) groups is 2. The fourth-order valence-corrected chi connectivity index (χ4v) is 12.3. The third-order valence-electron chi connectivity index (χ3n) is 17.4. The van der Waals surface area contributed by atoms with Crippen LogP contribution >= 0.6 is 7.82 Å². The van der Waals surface area contributed by atoms with Crippen LogP contribution in [0.25, 0.3) is 0 Å². The molecular weight excluding hydrogens is 1070 g/mol. The number of ether oxygens (including phenoxy) is 1. The van der Waals surface area contributed by atoms with Crippen LogP contribution < -0.4 is 10.2 Å². The summed E-state index contributed by atoms with van der Waals surface area (Å²) in [5, 5.41) is 3.06. The lowest BCUT2D eigenvalue weighted by Crippen LogP contribution is -2.47. The third kappa shape index (κ3) is 66.7. The van der Waals surface area contributed by atoms with Gasteiger partial charge in [0.05, 0.1) is 33.8 Å². The molecule has 0 heterocycles. The van der Waals surface area contributed by atoms with E-state index in [1.165, 1.54) is 302 Å². The summed E-state index contributed by atoms with van der Waals surface area (Å²) in [6.07, 6.45) is 80.2. The zero-order valence-corrected chi connectivity index (χ0v) is 58.7. The van der Waals surface area contributed by atoms with Gasteiger partial charge in [-0.15, -0.1) is 0 Å². The van der Waals surface area contributed by atoms with Crippen LogP contribution in [-0.2, 0) is 27.9 Å². The Kier molecular flexibility index (Phi) is 64.3. The lowest BCUT2D eigenvalue weighted by molar-refractivity contribution is -0.870. The number of nitrogens with zero attached hydrogens (tertiary/aromatic N) is 1. The Balaban J connectivity index is 5.00. The van der Waals surface area contributed by atoms with Gasteiger partial charge in [-0.2, -0.15) is 0 Å². The number of quaternary nitrogens is 1. The molecule has 10 heteroatoms. The summed E-state index contributed by atoms with van der Waals surface area (Å²) in [5.41, 5.74) is 0. The van der Waals surface area contributed by atoms with Crippen LogP contribution in [0, 0.1) is 0 Å². The van der Waals surface area contributed by atoms with Crippen LogP contribution in [0.5, 0.6) is 0 Å². The summed E-state index contributed by atoms with van der Waals surface area (Å²) in [7, 11) is 1.21. The first kappa shape index (κ1) is 83.5. The molecule has 0 aromatic heterocycles. The molecule has 0 aromatic carbocycles. The summed E-state index contributed by atoms with van der Waals surface area (Å²) in [5.74, 6) is -0.514. The van der Waals surface area contributed by atoms with E-state index in [4.69, 9.17) is 13.8 Å². The molecule has 0 spiro atoms. The van der Waals surface area contributed by atoms with E-state index in [9.17, 15) is 19.0 Å². The van der Waals surface area contributed by atoms with E-state index in [-0.39, 0.29) is 31.5 Å². The molecule has 85 heavy (non-hydrogen) atoms. The summed E-state index contributed by atoms with van der Waals surface area (Å²) in [4.78, 5) is 40.3. The van der Waals surface area contributed by atoms with Crippen LogP contribution in [0.1, 0.15) is 393 Å². The predicted octanol–water partition coefficient (Wildman–Crippen LogP) is 23.4. The van der Waals surface area contributed by atoms with Gasteiger partial charge < -0.3 is 28.5 Å². The molecule has 0 saturated heterocycles. The smallest absolute Gasteiger partial charge is 0.306 e. The number of allylic oxidation sites excluding steroid dienone is 3. The molecule has 0 aliphatic heterocycles. The first-order valence-electron chi connectivity index (χ1n) is 37.6. The summed E-state index contributed by atoms with van der Waals surface area (Å²) in [6.45, 7) is 6.92. The second-order valence-electron chi connectivity index (χ2n) is 27.2. The topological polar surface area (TPSA) is 114 Å². The normalized spacial score (nSPS) is 13.5. The lowest BCUT2D eigenvalue weighted by atomic mass is 10.0. The number of amides is 1. The molecule has 504 valence electrons. The Morgan fingerprint density at radius 2 is 0.682 bits per heavy atom. The number of nitrogens with one attached hydrogen (secondary N) is 1. The highest BCUT2D eigenvalue weighted by Gasteiger charge is 2.27. The van der Waals surface area contributed by atoms with Crippen molar-refractivity contribution in [1.82, 2.24) is 5.32 Å². The molecule has 0 aromatic rings. The second-order valence-corrected chi connectivity index (χ2v) is 28.6. The van der Waals surface area contributed by atoms with E-state index in [0.717, 1.165) is 57.8 Å². The van der Waals surface area contributed by atoms with Gasteiger partial charge in [0.25, 0.3) is 7.82 Å². The van der Waals surface area contributed by atoms with Gasteiger partial charge in [0.2, 0.25) is 5.91 Å². The van der Waals surface area contributed by atoms with Crippen molar-refractivity contribution < 1.29 is 37.3 Å². The Morgan fingerprint density at radius 3 is 1.00 bits per heavy atom. The fourth-order valence-electron chi connectivity index (χ4n) is 11.6. The highest BCUT2D eigenvalue weighted by atomic mass is 31.2. The maximum absolute atomic E-state index is 13.6. The maximum atomic E-state index is 13.6. The molecule has 0 saturated carbocycles. The summed E-state index contributed by atoms with van der Waals surface area (Å²) < 4.78 is 30.5. The van der Waals surface area contributed by atoms with E-state index < -0.39 is 20.0 Å². The number of phosphoric acid groups is 1. The van der Waals surface area contributed by atoms with Crippen molar-refractivity contribution >= 4 is 19.7 Å². The van der Waals surface area contributed by atoms with Crippen LogP contribution in [-0.4, -0.2) is 69.4 Å². The number of rotatable bonds is 70. The number of carbonyl (C=O) groups excluding carboxylic acids is 2. The van der Waals surface area contributed by atoms with Crippen molar-refractivity contribution in [3.63, 3.8) is 0 Å². The van der Waals surface area contributed by atoms with Crippen molar-refractivity contribution in [3.8, 4) is 0 Å². The van der Waals surface area contributed by atoms with E-state index in [0.29, 0.717) is 17.4 Å². The molecule has 0 fully saturated rings. The average molecular weight is 1220 g/mol. The number of likely N-dealkylation sites (N-methyl/N-ethyl adjacent to an activating group) is 1. The predicted molar refractivity (Wildman–Crippen MR) is 367 cm³/mol. The standard InChI is InChI=1S/C75H147N2O7P/c1-7-10-13-16-19-22-25-28-30-32-34-36-37-38-39-41-43-45-47-50-53-56-59-62-65-68-75(79)84-73(66-63-60-57-54-51-48-27-24-21-18-15-12-9-3)72(71-83-85(80,81)82-70-69-77(4,5)6)76-74(78)67-64-61-58-55-52-49-46-44-42-40-35-33-31-29-26-23-20-17-14-11-8-2/h28,30,63,66,72-73H,7-27,29,31-62,64-65,67-71H2,1-6H3,(H-,76,78,80,81)/b30-28+,66-63+. The van der Waals surface area contributed by atoms with E-state index in [1.54, 1.807) is 0 Å². The van der Waals surface area contributed by atoms with Crippen LogP contribution in [0.2, 0.25) is 0 Å². The summed E-state index contributed by atoms with van der Waals surface area (Å²) >= 11 is 0. The number of esters is 1. The van der Waals surface area contributed by atoms with Gasteiger partial charge in [-0.1, -0.05) is 347 Å². The van der Waals surface area contributed by atoms with Crippen LogP contribution in [0.4, 0.5) is 0 Å². The Morgan fingerprint density at radius 1 is 0.400 bits per heavy atom. The number of unbranched alkanes of at least 4 members (excludes halogenated alkanes) is 52. The minimum atomic E-state index is -4.70. The molecular formula is C75H147N2O7P. The number of hydrogen-bond donors (Lipinski definition) is 1. The summed E-state index contributed by atoms with van der Waals surface area (Å²) in [6, 6.07) is -0.883. The van der Waals surface area contributed by atoms with Crippen molar-refractivity contribution in [1.29, 1.82) is 0 Å². The minimum Gasteiger partial charge on any atom is -0.756 e. The monoisotopic (exact) mass is 1220 g/mol. The van der Waals surface area contributed by atoms with Gasteiger partial charge in [0, 0.05) is 12.8 Å². The molecule has 1 N–H and O–H groups in total. The molecule has 1 amide bonds. The van der Waals surface area contributed by atoms with Crippen molar-refractivity contribution in [3.05, 3.63) is 24.3 Å². The largest absolute Gasteiger partial charge is 0.756 e. The van der Waals surface area contributed by atoms with Gasteiger partial charge in [0.1, 0.15) is 19.3 Å². The van der Waals surface area contributed by atoms with Crippen LogP contribution in [0.3, 0.4) is 0 Å². The van der Waals surface area contributed by atoms with E-state index in [1.807, 2.05) is 33.3 Å². The molecule has 3 atom stereocenters. The second kappa shape index (κ2) is 65.4. The molecule has 0 bridgehead atoms. The average Bonchev–Trinajstić information content (AvgIpc) is 3.48. The van der Waals surface area contributed by atoms with Gasteiger partial charge in [0.15, 0.2) is 0 Å². The van der Waals surface area contributed by atoms with Gasteiger partial charge in [-0.05, 0) is 57.4 Å². The zero-order valence-electron chi connectivity index (χ0n) is 57.8. The molecule has 0 radical (unpaired) electrons. The first-order chi connectivity index (χ1) is 41.4. The third-order valence-corrected chi connectivity index (χ3v) is 18.3. The maximum Gasteiger partial charge on any atom is 0.306 e. The molecule has 9 nitrogen and oxygen atoms in total. The Bertz CT molecular complexity index is 1500. The Hall–Kier alpha value is -1.51. The zero-order chi connectivity index (χ0) is 62.1. The van der Waals surface area contributed by atoms with Gasteiger partial charge >= 0.3 is 5.97 Å². The molecule has 3 unspecified atom stereocenters. The molecule has 0 rings (SSSR count). The highest BCUT2D eigenvalue weighted by molar-refractivity contribution is 7.45. The Labute approximate surface area is 530 Å². The SMILES string of the molecule is CCCCCCCC/C=C/CCCCCCCCCCCCCCCCCC(=O)OC(/C=C/CCCCCCCCCCCCC)C(COP(=O)([O-])OCC[N+](C)(C)C)NC(=O)CCCCCCCCCCCCCCCCCCCCCCC. The van der Waals surface area contributed by atoms with Crippen molar-refractivity contribution in [2.24, 2.45) is 0 Å². The van der Waals surface area contributed by atoms with Gasteiger partial charge in [-0.3, -0.25) is 14.2 Å². The fraction of sp³-hybridized carbons (Fsp3) is 0.920. The number of phosphoric ester groups is 1. The van der Waals surface area contributed by atoms with E-state index >= 15 is 0 Å². The number of hydrogen-bond acceptors (Lipinski definition) is 7. The quantitative estimate of drug-likeness (QED) is 0.0212. The van der Waals surface area contributed by atoms with E-state index in [2.05, 4.69) is 38.2 Å². The molecule has 0 aliphatic carbocycles. The first-order valence-corrected chi connectivity index (χ1v) is 39.1. The highest BCUT2D eigenvalue weighted by Crippen LogP contribution is 2.38. The van der Waals surface area contributed by atoms with Gasteiger partial charge in [-0.25, -0.2) is 0 Å². The molecule has 0 aliphatic rings.